The number of carbonyl (C=O) groups excluding carboxylic acids is 1. The molecule has 8 rings (SSSR count). The lowest BCUT2D eigenvalue weighted by Crippen LogP contribution is -2.36. The van der Waals surface area contributed by atoms with E-state index in [1.54, 1.807) is 34.4 Å². The maximum atomic E-state index is 12.6. The van der Waals surface area contributed by atoms with Gasteiger partial charge in [-0.2, -0.15) is 4.68 Å². The van der Waals surface area contributed by atoms with Crippen molar-refractivity contribution in [2.75, 3.05) is 5.75 Å². The number of nitrogens with zero attached hydrogens (tertiary/aromatic N) is 4. The minimum atomic E-state index is -3.55. The van der Waals surface area contributed by atoms with Crippen molar-refractivity contribution in [2.45, 2.75) is 219 Å². The molecule has 1 heterocycles. The minimum Gasteiger partial charge on any atom is -0.303 e. The third-order valence-corrected chi connectivity index (χ3v) is 22.2. The Bertz CT molecular complexity index is 2420. The fraction of sp³-hybridized carbons (Fsp3) is 0.731. The highest BCUT2D eigenvalue weighted by atomic mass is 32.2. The average molecular weight is 1050 g/mol. The van der Waals surface area contributed by atoms with Crippen LogP contribution in [0.2, 0.25) is 0 Å². The number of benzene rings is 1. The van der Waals surface area contributed by atoms with Crippen LogP contribution >= 0.6 is 0 Å². The lowest BCUT2D eigenvalue weighted by atomic mass is 9.61. The van der Waals surface area contributed by atoms with Gasteiger partial charge in [0.05, 0.1) is 11.4 Å². The van der Waals surface area contributed by atoms with Crippen molar-refractivity contribution in [3.8, 4) is 5.69 Å². The summed E-state index contributed by atoms with van der Waals surface area (Å²) in [6.45, 7) is 36.9. The molecular formula is C67H106N4O3S. The first-order valence-corrected chi connectivity index (χ1v) is 31.8. The summed E-state index contributed by atoms with van der Waals surface area (Å²) >= 11 is 0. The molecule has 1 aromatic carbocycles. The number of para-hydroxylation sites is 1. The smallest absolute Gasteiger partial charge is 0.272 e. The summed E-state index contributed by atoms with van der Waals surface area (Å²) in [4.78, 5) is 11.4. The number of hydrogen-bond acceptors (Lipinski definition) is 6. The van der Waals surface area contributed by atoms with Crippen molar-refractivity contribution < 1.29 is 13.2 Å². The average Bonchev–Trinajstić information content (AvgIpc) is 4.07. The summed E-state index contributed by atoms with van der Waals surface area (Å²) < 4.78 is 26.4. The third kappa shape index (κ3) is 15.5. The summed E-state index contributed by atoms with van der Waals surface area (Å²) in [6, 6.07) is 9.01. The highest BCUT2D eigenvalue weighted by Gasteiger charge is 2.52. The molecule has 6 fully saturated rings. The molecule has 75 heavy (non-hydrogen) atoms. The number of allylic oxidation sites excluding steroid dienone is 10. The molecule has 0 N–H and O–H groups in total. The van der Waals surface area contributed by atoms with E-state index in [-0.39, 0.29) is 28.2 Å². The van der Waals surface area contributed by atoms with Crippen LogP contribution in [0.1, 0.15) is 214 Å². The van der Waals surface area contributed by atoms with Gasteiger partial charge in [0.2, 0.25) is 9.84 Å². The first-order chi connectivity index (χ1) is 35.2. The highest BCUT2D eigenvalue weighted by Crippen LogP contribution is 2.61. The number of aldehydes is 1. The van der Waals surface area contributed by atoms with Gasteiger partial charge in [-0.15, -0.1) is 0 Å². The quantitative estimate of drug-likeness (QED) is 0.164. The zero-order valence-corrected chi connectivity index (χ0v) is 51.1. The molecule has 6 saturated carbocycles. The standard InChI is InChI=1S/C30H50.C23H36O.C14H20N4O2S/c1-21-18-22(2)20-25(19-21)13-14-26-10-9-17-30(8)27(15-16-28(26)30)23(3)11-12-24(4)29(5,6)7;1-16-12-17(2)14-19(13-16)7-8-20-6-5-11-23(4)21(18(3)15-24)9-10-22(20)23;1-11(14(2,3)4)10-21(19,20)13-15-16-17-18(13)12-8-6-5-7-9-12/h11-14,21-24,27-28H,9-10,15-20H2,1-8H3;7-8,15-18,21-22H,5-6,9-14H2,1-4H3;5-9,11H,10H2,1-4H3/b12-11+,26-14+;20-8+;/t21-,22-,23+,24-,27+,28-,30+;16-,17-,18+,21+,22-,23+;11-/m000/s1. The van der Waals surface area contributed by atoms with Crippen molar-refractivity contribution in [1.29, 1.82) is 0 Å². The lowest BCUT2D eigenvalue weighted by molar-refractivity contribution is -0.113. The molecule has 0 saturated heterocycles. The predicted molar refractivity (Wildman–Crippen MR) is 315 cm³/mol. The van der Waals surface area contributed by atoms with Crippen LogP contribution in [0.25, 0.3) is 5.69 Å². The normalized spacial score (nSPS) is 33.1. The molecule has 0 spiro atoms. The highest BCUT2D eigenvalue weighted by molar-refractivity contribution is 7.91. The monoisotopic (exact) mass is 1050 g/mol. The van der Waals surface area contributed by atoms with Gasteiger partial charge in [0.25, 0.3) is 5.16 Å². The van der Waals surface area contributed by atoms with E-state index in [0.29, 0.717) is 45.6 Å². The van der Waals surface area contributed by atoms with Crippen LogP contribution in [0.15, 0.2) is 94.2 Å². The van der Waals surface area contributed by atoms with E-state index in [2.05, 4.69) is 135 Å². The zero-order chi connectivity index (χ0) is 55.1. The second-order valence-corrected chi connectivity index (χ2v) is 30.6. The van der Waals surface area contributed by atoms with Crippen molar-refractivity contribution in [2.24, 2.45) is 92.7 Å². The van der Waals surface area contributed by atoms with Crippen LogP contribution in [0.4, 0.5) is 0 Å². The lowest BCUT2D eigenvalue weighted by Gasteiger charge is -2.44. The molecule has 14 atom stereocenters. The van der Waals surface area contributed by atoms with Gasteiger partial charge < -0.3 is 4.79 Å². The van der Waals surface area contributed by atoms with Gasteiger partial charge in [0.15, 0.2) is 0 Å². The van der Waals surface area contributed by atoms with Crippen LogP contribution in [0.5, 0.6) is 0 Å². The number of sulfone groups is 1. The zero-order valence-electron chi connectivity index (χ0n) is 50.3. The van der Waals surface area contributed by atoms with Crippen molar-refractivity contribution in [1.82, 2.24) is 20.2 Å². The fourth-order valence-corrected chi connectivity index (χ4v) is 17.2. The number of fused-ring (bicyclic) bond motifs is 2. The van der Waals surface area contributed by atoms with Gasteiger partial charge in [0, 0.05) is 5.92 Å². The van der Waals surface area contributed by atoms with Crippen LogP contribution < -0.4 is 0 Å². The molecule has 0 unspecified atom stereocenters. The first kappa shape index (κ1) is 60.8. The topological polar surface area (TPSA) is 94.8 Å². The Morgan fingerprint density at radius 1 is 0.653 bits per heavy atom. The Morgan fingerprint density at radius 2 is 1.12 bits per heavy atom. The molecule has 0 amide bonds. The second-order valence-electron chi connectivity index (χ2n) is 28.7. The Labute approximate surface area is 459 Å². The molecule has 2 aromatic rings. The molecular weight excluding hydrogens is 941 g/mol. The summed E-state index contributed by atoms with van der Waals surface area (Å²) in [5.41, 5.74) is 8.59. The van der Waals surface area contributed by atoms with Crippen LogP contribution in [0.3, 0.4) is 0 Å². The molecule has 8 heteroatoms. The number of hydrogen-bond donors (Lipinski definition) is 0. The molecule has 0 aliphatic heterocycles. The number of tetrazole rings is 1. The molecule has 6 aliphatic rings. The fourth-order valence-electron chi connectivity index (χ4n) is 15.3. The first-order valence-electron chi connectivity index (χ1n) is 30.1. The maximum Gasteiger partial charge on any atom is 0.272 e. The number of carbonyl (C=O) groups is 1. The van der Waals surface area contributed by atoms with Gasteiger partial charge in [-0.05, 0) is 212 Å². The molecule has 1 aromatic heterocycles. The van der Waals surface area contributed by atoms with E-state index in [4.69, 9.17) is 0 Å². The largest absolute Gasteiger partial charge is 0.303 e. The maximum absolute atomic E-state index is 12.6. The predicted octanol–water partition coefficient (Wildman–Crippen LogP) is 17.9. The Balaban J connectivity index is 0.000000186. The van der Waals surface area contributed by atoms with Gasteiger partial charge >= 0.3 is 0 Å². The van der Waals surface area contributed by atoms with Gasteiger partial charge in [0.1, 0.15) is 6.29 Å². The summed E-state index contributed by atoms with van der Waals surface area (Å²) in [6.07, 6.45) is 37.8. The molecule has 0 radical (unpaired) electrons. The van der Waals surface area contributed by atoms with Gasteiger partial charge in [-0.25, -0.2) is 8.42 Å². The number of rotatable bonds is 11. The second kappa shape index (κ2) is 25.6. The number of aromatic nitrogens is 4. The third-order valence-electron chi connectivity index (χ3n) is 20.4. The SMILES string of the molecule is C[C@@H](CS(=O)(=O)c1nnnn1-c1ccccc1)C(C)(C)C.C[C@@H]1CC(=C/C=C2\CCC[C@]3(C)[C@@H]([C@H](C)/C=C/[C@H](C)C(C)(C)C)CC[C@@H]23)C[C@@H](C)C1.C[C@@H]1CC(=C/C=C2\CCC[C@]3(C)[C@@H]([C@H](C)C=O)CC[C@@H]23)C[C@@H](C)C1. The summed E-state index contributed by atoms with van der Waals surface area (Å²) in [5.74, 6) is 7.97. The van der Waals surface area contributed by atoms with E-state index in [0.717, 1.165) is 35.5 Å². The van der Waals surface area contributed by atoms with Gasteiger partial charge in [-0.1, -0.05) is 193 Å². The minimum absolute atomic E-state index is 0.0107. The van der Waals surface area contributed by atoms with Crippen LogP contribution in [-0.4, -0.2) is 40.7 Å². The van der Waals surface area contributed by atoms with Crippen molar-refractivity contribution in [3.63, 3.8) is 0 Å². The Morgan fingerprint density at radius 3 is 1.56 bits per heavy atom. The van der Waals surface area contributed by atoms with Crippen LogP contribution in [0, 0.1) is 92.7 Å². The summed E-state index contributed by atoms with van der Waals surface area (Å²) in [7, 11) is -3.55. The van der Waals surface area contributed by atoms with Crippen LogP contribution in [-0.2, 0) is 14.6 Å². The van der Waals surface area contributed by atoms with E-state index in [1.807, 2.05) is 45.9 Å². The Hall–Kier alpha value is -3.39. The van der Waals surface area contributed by atoms with Crippen molar-refractivity contribution in [3.05, 3.63) is 89.1 Å². The molecule has 7 nitrogen and oxygen atoms in total. The van der Waals surface area contributed by atoms with Crippen molar-refractivity contribution >= 4 is 16.1 Å². The Kier molecular flexibility index (Phi) is 20.8. The van der Waals surface area contributed by atoms with Gasteiger partial charge in [-0.3, -0.25) is 0 Å². The molecule has 0 bridgehead atoms. The summed E-state index contributed by atoms with van der Waals surface area (Å²) in [5, 5.41) is 10.9. The van der Waals surface area contributed by atoms with E-state index >= 15 is 0 Å². The molecule has 418 valence electrons. The van der Waals surface area contributed by atoms with E-state index in [9.17, 15) is 13.2 Å². The molecule has 6 aliphatic carbocycles. The van der Waals surface area contributed by atoms with E-state index < -0.39 is 9.84 Å². The van der Waals surface area contributed by atoms with E-state index in [1.165, 1.54) is 114 Å².